The lowest BCUT2D eigenvalue weighted by Gasteiger charge is -2.19. The Kier molecular flexibility index (Phi) is 6.06. The molecule has 3 rings (SSSR count). The Morgan fingerprint density at radius 3 is 2.44 bits per heavy atom. The Labute approximate surface area is 163 Å². The quantitative estimate of drug-likeness (QED) is 0.627. The zero-order valence-electron chi connectivity index (χ0n) is 15.7. The number of carbonyl (C=O) groups excluding carboxylic acids is 2. The Morgan fingerprint density at radius 2 is 1.85 bits per heavy atom. The van der Waals surface area contributed by atoms with Crippen LogP contribution in [0.1, 0.15) is 38.5 Å². The van der Waals surface area contributed by atoms with Crippen molar-refractivity contribution in [2.24, 2.45) is 0 Å². The third-order valence-corrected chi connectivity index (χ3v) is 5.24. The van der Waals surface area contributed by atoms with Gasteiger partial charge in [0.05, 0.1) is 29.1 Å². The van der Waals surface area contributed by atoms with Gasteiger partial charge in [0.1, 0.15) is 11.5 Å². The van der Waals surface area contributed by atoms with Gasteiger partial charge in [-0.15, -0.1) is 11.8 Å². The van der Waals surface area contributed by atoms with Gasteiger partial charge in [0.25, 0.3) is 11.8 Å². The maximum atomic E-state index is 13.0. The Hall–Kier alpha value is -2.47. The first-order chi connectivity index (χ1) is 13.0. The number of imide groups is 1. The van der Waals surface area contributed by atoms with Crippen LogP contribution >= 0.6 is 11.8 Å². The molecule has 2 heterocycles. The van der Waals surface area contributed by atoms with E-state index in [1.165, 1.54) is 16.7 Å². The molecule has 27 heavy (non-hydrogen) atoms. The molecule has 0 fully saturated rings. The molecule has 1 aliphatic rings. The molecular formula is C21H23NO4S. The van der Waals surface area contributed by atoms with Crippen molar-refractivity contribution in [3.63, 3.8) is 0 Å². The lowest BCUT2D eigenvalue weighted by molar-refractivity contribution is -0.138. The molecule has 0 saturated carbocycles. The monoisotopic (exact) mass is 385 g/mol. The summed E-state index contributed by atoms with van der Waals surface area (Å²) >= 11 is 1.34. The number of amides is 2. The Morgan fingerprint density at radius 1 is 1.11 bits per heavy atom. The standard InChI is InChI=1S/C21H23NO4S/c1-4-11-25-16-9-7-15(8-10-16)18-19(27-13-17-6-5-12-26-17)21(24)22(14(2)3)20(18)23/h5-10,12,14H,4,11,13H2,1-3H3. The van der Waals surface area contributed by atoms with E-state index in [1.54, 1.807) is 6.26 Å². The van der Waals surface area contributed by atoms with Gasteiger partial charge in [-0.05, 0) is 50.1 Å². The van der Waals surface area contributed by atoms with Gasteiger partial charge in [0, 0.05) is 6.04 Å². The molecule has 5 nitrogen and oxygen atoms in total. The van der Waals surface area contributed by atoms with E-state index in [4.69, 9.17) is 9.15 Å². The molecule has 2 aromatic rings. The van der Waals surface area contributed by atoms with Crippen LogP contribution in [0.15, 0.2) is 52.0 Å². The predicted octanol–water partition coefficient (Wildman–Crippen LogP) is 4.49. The van der Waals surface area contributed by atoms with Crippen molar-refractivity contribution >= 4 is 29.1 Å². The number of nitrogens with zero attached hydrogens (tertiary/aromatic N) is 1. The molecule has 0 bridgehead atoms. The van der Waals surface area contributed by atoms with Crippen LogP contribution in [-0.4, -0.2) is 29.4 Å². The van der Waals surface area contributed by atoms with Gasteiger partial charge in [-0.3, -0.25) is 14.5 Å². The molecule has 1 aromatic carbocycles. The lowest BCUT2D eigenvalue weighted by Crippen LogP contribution is -2.37. The fourth-order valence-electron chi connectivity index (χ4n) is 2.86. The summed E-state index contributed by atoms with van der Waals surface area (Å²) in [6.07, 6.45) is 2.53. The molecule has 0 saturated heterocycles. The highest BCUT2D eigenvalue weighted by molar-refractivity contribution is 8.03. The fraction of sp³-hybridized carbons (Fsp3) is 0.333. The first-order valence-corrected chi connectivity index (χ1v) is 10.0. The topological polar surface area (TPSA) is 59.8 Å². The van der Waals surface area contributed by atoms with Crippen molar-refractivity contribution in [2.75, 3.05) is 6.61 Å². The van der Waals surface area contributed by atoms with E-state index in [0.717, 1.165) is 23.5 Å². The summed E-state index contributed by atoms with van der Waals surface area (Å²) in [7, 11) is 0. The van der Waals surface area contributed by atoms with E-state index < -0.39 is 0 Å². The molecule has 6 heteroatoms. The van der Waals surface area contributed by atoms with Crippen LogP contribution in [0.3, 0.4) is 0 Å². The molecule has 142 valence electrons. The van der Waals surface area contributed by atoms with E-state index >= 15 is 0 Å². The van der Waals surface area contributed by atoms with Crippen molar-refractivity contribution in [3.05, 3.63) is 58.9 Å². The molecule has 0 radical (unpaired) electrons. The molecular weight excluding hydrogens is 362 g/mol. The van der Waals surface area contributed by atoms with E-state index in [2.05, 4.69) is 0 Å². The van der Waals surface area contributed by atoms with Gasteiger partial charge in [-0.1, -0.05) is 19.1 Å². The van der Waals surface area contributed by atoms with Gasteiger partial charge in [-0.2, -0.15) is 0 Å². The molecule has 1 aromatic heterocycles. The van der Waals surface area contributed by atoms with E-state index in [0.29, 0.717) is 22.8 Å². The van der Waals surface area contributed by atoms with Gasteiger partial charge in [0.2, 0.25) is 0 Å². The van der Waals surface area contributed by atoms with Crippen molar-refractivity contribution in [3.8, 4) is 5.75 Å². The van der Waals surface area contributed by atoms with Crippen molar-refractivity contribution in [2.45, 2.75) is 39.0 Å². The number of hydrogen-bond donors (Lipinski definition) is 0. The second-order valence-electron chi connectivity index (χ2n) is 6.52. The minimum atomic E-state index is -0.251. The molecule has 0 unspecified atom stereocenters. The van der Waals surface area contributed by atoms with Gasteiger partial charge >= 0.3 is 0 Å². The second kappa shape index (κ2) is 8.48. The number of furan rings is 1. The van der Waals surface area contributed by atoms with Gasteiger partial charge in [-0.25, -0.2) is 0 Å². The SMILES string of the molecule is CCCOc1ccc(C2=C(SCc3ccco3)C(=O)N(C(C)C)C2=O)cc1. The smallest absolute Gasteiger partial charge is 0.268 e. The largest absolute Gasteiger partial charge is 0.494 e. The van der Waals surface area contributed by atoms with Crippen molar-refractivity contribution < 1.29 is 18.7 Å². The average Bonchev–Trinajstić information content (AvgIpc) is 3.25. The average molecular weight is 385 g/mol. The van der Waals surface area contributed by atoms with Crippen LogP contribution in [0, 0.1) is 0 Å². The predicted molar refractivity (Wildman–Crippen MR) is 106 cm³/mol. The summed E-state index contributed by atoms with van der Waals surface area (Å²) in [6.45, 7) is 6.38. The van der Waals surface area contributed by atoms with Crippen LogP contribution in [0.4, 0.5) is 0 Å². The highest BCUT2D eigenvalue weighted by Gasteiger charge is 2.40. The second-order valence-corrected chi connectivity index (χ2v) is 7.50. The number of hydrogen-bond acceptors (Lipinski definition) is 5. The lowest BCUT2D eigenvalue weighted by atomic mass is 10.1. The summed E-state index contributed by atoms with van der Waals surface area (Å²) in [4.78, 5) is 27.6. The summed E-state index contributed by atoms with van der Waals surface area (Å²) in [5, 5.41) is 0. The number of ether oxygens (including phenoxy) is 1. The van der Waals surface area contributed by atoms with Gasteiger partial charge < -0.3 is 9.15 Å². The zero-order valence-corrected chi connectivity index (χ0v) is 16.5. The van der Waals surface area contributed by atoms with Crippen LogP contribution in [0.5, 0.6) is 5.75 Å². The van der Waals surface area contributed by atoms with Crippen LogP contribution in [0.25, 0.3) is 5.57 Å². The summed E-state index contributed by atoms with van der Waals surface area (Å²) < 4.78 is 11.0. The molecule has 0 atom stereocenters. The zero-order chi connectivity index (χ0) is 19.4. The number of rotatable bonds is 8. The minimum Gasteiger partial charge on any atom is -0.494 e. The van der Waals surface area contributed by atoms with E-state index in [1.807, 2.05) is 57.2 Å². The van der Waals surface area contributed by atoms with E-state index in [9.17, 15) is 9.59 Å². The van der Waals surface area contributed by atoms with E-state index in [-0.39, 0.29) is 17.9 Å². The number of thioether (sulfide) groups is 1. The van der Waals surface area contributed by atoms with Crippen LogP contribution in [0.2, 0.25) is 0 Å². The summed E-state index contributed by atoms with van der Waals surface area (Å²) in [6, 6.07) is 10.8. The third kappa shape index (κ3) is 4.11. The number of benzene rings is 1. The Bertz CT molecular complexity index is 838. The Balaban J connectivity index is 1.92. The van der Waals surface area contributed by atoms with Crippen molar-refractivity contribution in [1.29, 1.82) is 0 Å². The maximum Gasteiger partial charge on any atom is 0.268 e. The first-order valence-electron chi connectivity index (χ1n) is 9.03. The molecule has 0 N–H and O–H groups in total. The third-order valence-electron chi connectivity index (χ3n) is 4.14. The summed E-state index contributed by atoms with van der Waals surface area (Å²) in [5.41, 5.74) is 1.18. The maximum absolute atomic E-state index is 13.0. The first kappa shape index (κ1) is 19.3. The minimum absolute atomic E-state index is 0.200. The number of carbonyl (C=O) groups is 2. The normalized spacial score (nSPS) is 14.6. The van der Waals surface area contributed by atoms with Crippen LogP contribution in [-0.2, 0) is 15.3 Å². The molecule has 0 spiro atoms. The van der Waals surface area contributed by atoms with Crippen LogP contribution < -0.4 is 4.74 Å². The molecule has 1 aliphatic heterocycles. The summed E-state index contributed by atoms with van der Waals surface area (Å²) in [5.74, 6) is 1.52. The molecule has 2 amide bonds. The van der Waals surface area contributed by atoms with Gasteiger partial charge in [0.15, 0.2) is 0 Å². The fourth-order valence-corrected chi connectivity index (χ4v) is 3.88. The highest BCUT2D eigenvalue weighted by Crippen LogP contribution is 2.38. The molecule has 0 aliphatic carbocycles. The van der Waals surface area contributed by atoms with Crippen molar-refractivity contribution in [1.82, 2.24) is 4.90 Å². The highest BCUT2D eigenvalue weighted by atomic mass is 32.2.